The number of carbonyl (C=O) groups is 3. The first kappa shape index (κ1) is 25.4. The van der Waals surface area contributed by atoms with E-state index in [2.05, 4.69) is 20.6 Å². The van der Waals surface area contributed by atoms with E-state index in [9.17, 15) is 14.4 Å². The van der Waals surface area contributed by atoms with Crippen LogP contribution in [0.15, 0.2) is 72.4 Å². The van der Waals surface area contributed by atoms with Gasteiger partial charge in [-0.05, 0) is 47.3 Å². The van der Waals surface area contributed by atoms with Gasteiger partial charge in [0.25, 0.3) is 11.8 Å². The number of thiophene rings is 1. The summed E-state index contributed by atoms with van der Waals surface area (Å²) < 4.78 is 5.16. The number of hydrogen-bond acceptors (Lipinski definition) is 7. The molecule has 4 aromatic rings. The van der Waals surface area contributed by atoms with E-state index >= 15 is 0 Å². The molecule has 0 spiro atoms. The van der Waals surface area contributed by atoms with Crippen LogP contribution in [0.3, 0.4) is 0 Å². The summed E-state index contributed by atoms with van der Waals surface area (Å²) in [5.41, 5.74) is 2.09. The van der Waals surface area contributed by atoms with Gasteiger partial charge in [-0.25, -0.2) is 4.98 Å². The molecule has 0 saturated carbocycles. The minimum Gasteiger partial charge on any atom is -0.497 e. The van der Waals surface area contributed by atoms with E-state index in [4.69, 9.17) is 16.3 Å². The van der Waals surface area contributed by atoms with E-state index in [1.807, 2.05) is 12.1 Å². The van der Waals surface area contributed by atoms with E-state index in [0.29, 0.717) is 33.4 Å². The van der Waals surface area contributed by atoms with Gasteiger partial charge in [-0.2, -0.15) is 0 Å². The Morgan fingerprint density at radius 1 is 1.13 bits per heavy atom. The second-order valence-electron chi connectivity index (χ2n) is 8.48. The number of benzene rings is 1. The summed E-state index contributed by atoms with van der Waals surface area (Å²) >= 11 is 7.77. The van der Waals surface area contributed by atoms with Gasteiger partial charge in [-0.1, -0.05) is 23.7 Å². The van der Waals surface area contributed by atoms with Gasteiger partial charge >= 0.3 is 0 Å². The molecule has 1 aliphatic rings. The van der Waals surface area contributed by atoms with Crippen molar-refractivity contribution in [1.82, 2.24) is 14.9 Å². The highest BCUT2D eigenvalue weighted by atomic mass is 35.5. The van der Waals surface area contributed by atoms with Crippen LogP contribution in [0.5, 0.6) is 5.75 Å². The first-order valence-corrected chi connectivity index (χ1v) is 12.9. The lowest BCUT2D eigenvalue weighted by molar-refractivity contribution is -0.120. The first-order chi connectivity index (χ1) is 18.4. The van der Waals surface area contributed by atoms with Gasteiger partial charge in [-0.3, -0.25) is 19.4 Å². The van der Waals surface area contributed by atoms with Gasteiger partial charge in [0, 0.05) is 37.1 Å². The standard InChI is InChI=1S/C27H22ClN5O4S/c1-37-18-7-10-30-23(14-18)32-25(34)19-6-5-16(12-20(19)28)15-33-22(13-17-4-2-3-9-29-17)26(35)31-21-8-11-38-24(21)27(33)36/h2-12,14,22H,13,15H2,1H3,(H,31,35)(H,30,32,34)/t22-/m1/s1. The average molecular weight is 548 g/mol. The molecule has 192 valence electrons. The van der Waals surface area contributed by atoms with Crippen LogP contribution in [0.1, 0.15) is 31.3 Å². The molecule has 1 aliphatic heterocycles. The smallest absolute Gasteiger partial charge is 0.267 e. The van der Waals surface area contributed by atoms with Crippen LogP contribution in [0, 0.1) is 0 Å². The fourth-order valence-electron chi connectivity index (χ4n) is 4.13. The van der Waals surface area contributed by atoms with E-state index in [0.717, 1.165) is 0 Å². The first-order valence-electron chi connectivity index (χ1n) is 11.6. The molecular weight excluding hydrogens is 526 g/mol. The molecule has 0 radical (unpaired) electrons. The van der Waals surface area contributed by atoms with Gasteiger partial charge in [0.1, 0.15) is 22.5 Å². The number of carbonyl (C=O) groups excluding carboxylic acids is 3. The van der Waals surface area contributed by atoms with Gasteiger partial charge in [0.15, 0.2) is 0 Å². The predicted octanol–water partition coefficient (Wildman–Crippen LogP) is 4.66. The molecule has 1 atom stereocenters. The van der Waals surface area contributed by atoms with Gasteiger partial charge < -0.3 is 20.3 Å². The summed E-state index contributed by atoms with van der Waals surface area (Å²) in [5, 5.41) is 7.54. The fourth-order valence-corrected chi connectivity index (χ4v) is 5.23. The van der Waals surface area contributed by atoms with Crippen LogP contribution in [0.2, 0.25) is 5.02 Å². The largest absolute Gasteiger partial charge is 0.497 e. The van der Waals surface area contributed by atoms with Crippen LogP contribution >= 0.6 is 22.9 Å². The zero-order chi connectivity index (χ0) is 26.6. The molecule has 3 amide bonds. The molecule has 9 nitrogen and oxygen atoms in total. The third-order valence-electron chi connectivity index (χ3n) is 6.03. The summed E-state index contributed by atoms with van der Waals surface area (Å²) in [5.74, 6) is -0.133. The molecule has 0 bridgehead atoms. The molecule has 3 aromatic heterocycles. The molecule has 38 heavy (non-hydrogen) atoms. The lowest BCUT2D eigenvalue weighted by Crippen LogP contribution is -2.46. The third-order valence-corrected chi connectivity index (χ3v) is 7.24. The Bertz CT molecular complexity index is 1510. The summed E-state index contributed by atoms with van der Waals surface area (Å²) in [4.78, 5) is 50.1. The van der Waals surface area contributed by atoms with Crippen molar-refractivity contribution in [3.8, 4) is 5.75 Å². The van der Waals surface area contributed by atoms with Crippen molar-refractivity contribution < 1.29 is 19.1 Å². The number of anilines is 2. The van der Waals surface area contributed by atoms with Crippen LogP contribution in [0.4, 0.5) is 11.5 Å². The number of amides is 3. The molecule has 0 saturated heterocycles. The Morgan fingerprint density at radius 3 is 2.76 bits per heavy atom. The molecule has 5 rings (SSSR count). The highest BCUT2D eigenvalue weighted by Gasteiger charge is 2.36. The van der Waals surface area contributed by atoms with E-state index in [1.165, 1.54) is 29.5 Å². The van der Waals surface area contributed by atoms with Gasteiger partial charge in [-0.15, -0.1) is 11.3 Å². The number of halogens is 1. The van der Waals surface area contributed by atoms with Crippen molar-refractivity contribution in [3.63, 3.8) is 0 Å². The second-order valence-corrected chi connectivity index (χ2v) is 9.80. The lowest BCUT2D eigenvalue weighted by atomic mass is 10.1. The highest BCUT2D eigenvalue weighted by molar-refractivity contribution is 7.12. The number of methoxy groups -OCH3 is 1. The minimum atomic E-state index is -0.794. The number of pyridine rings is 2. The molecular formula is C27H22ClN5O4S. The van der Waals surface area contributed by atoms with Gasteiger partial charge in [0.2, 0.25) is 5.91 Å². The fraction of sp³-hybridized carbons (Fsp3) is 0.148. The number of nitrogens with one attached hydrogen (secondary N) is 2. The minimum absolute atomic E-state index is 0.111. The summed E-state index contributed by atoms with van der Waals surface area (Å²) in [6, 6.07) is 14.6. The van der Waals surface area contributed by atoms with E-state index < -0.39 is 11.9 Å². The van der Waals surface area contributed by atoms with Crippen LogP contribution < -0.4 is 15.4 Å². The highest BCUT2D eigenvalue weighted by Crippen LogP contribution is 2.31. The number of nitrogens with zero attached hydrogens (tertiary/aromatic N) is 3. The third kappa shape index (κ3) is 5.36. The number of fused-ring (bicyclic) bond motifs is 1. The average Bonchev–Trinajstić information content (AvgIpc) is 3.36. The molecule has 2 N–H and O–H groups in total. The Labute approximate surface area is 227 Å². The molecule has 0 aliphatic carbocycles. The summed E-state index contributed by atoms with van der Waals surface area (Å²) in [6.45, 7) is 0.111. The Balaban J connectivity index is 1.40. The van der Waals surface area contributed by atoms with Crippen molar-refractivity contribution in [1.29, 1.82) is 0 Å². The van der Waals surface area contributed by atoms with Crippen molar-refractivity contribution in [2.45, 2.75) is 19.0 Å². The maximum absolute atomic E-state index is 13.6. The van der Waals surface area contributed by atoms with Gasteiger partial charge in [0.05, 0.1) is 23.4 Å². The van der Waals surface area contributed by atoms with Crippen molar-refractivity contribution >= 4 is 52.2 Å². The molecule has 1 aromatic carbocycles. The van der Waals surface area contributed by atoms with Crippen molar-refractivity contribution in [3.05, 3.63) is 99.1 Å². The number of rotatable bonds is 7. The maximum Gasteiger partial charge on any atom is 0.267 e. The summed E-state index contributed by atoms with van der Waals surface area (Å²) in [6.07, 6.45) is 3.42. The Hall–Kier alpha value is -4.28. The normalized spacial score (nSPS) is 14.9. The quantitative estimate of drug-likeness (QED) is 0.348. The van der Waals surface area contributed by atoms with Crippen LogP contribution in [0.25, 0.3) is 0 Å². The maximum atomic E-state index is 13.6. The van der Waals surface area contributed by atoms with Crippen LogP contribution in [-0.2, 0) is 17.8 Å². The monoisotopic (exact) mass is 547 g/mol. The molecule has 11 heteroatoms. The zero-order valence-electron chi connectivity index (χ0n) is 20.2. The Kier molecular flexibility index (Phi) is 7.34. The van der Waals surface area contributed by atoms with E-state index in [-0.39, 0.29) is 35.4 Å². The van der Waals surface area contributed by atoms with Crippen LogP contribution in [-0.4, -0.2) is 45.7 Å². The predicted molar refractivity (Wildman–Crippen MR) is 145 cm³/mol. The van der Waals surface area contributed by atoms with E-state index in [1.54, 1.807) is 54.0 Å². The lowest BCUT2D eigenvalue weighted by Gasteiger charge is -2.28. The second kappa shape index (κ2) is 11.0. The number of hydrogen-bond donors (Lipinski definition) is 2. The number of ether oxygens (including phenoxy) is 1. The SMILES string of the molecule is COc1ccnc(NC(=O)c2ccc(CN3C(=O)c4sccc4NC(=O)[C@H]3Cc3ccccn3)cc2Cl)c1. The Morgan fingerprint density at radius 2 is 2.00 bits per heavy atom. The molecule has 4 heterocycles. The van der Waals surface area contributed by atoms with Crippen molar-refractivity contribution in [2.75, 3.05) is 17.7 Å². The molecule has 0 fully saturated rings. The summed E-state index contributed by atoms with van der Waals surface area (Å²) in [7, 11) is 1.52. The zero-order valence-corrected chi connectivity index (χ0v) is 21.8. The molecule has 0 unspecified atom stereocenters. The number of aromatic nitrogens is 2. The van der Waals surface area contributed by atoms with Crippen molar-refractivity contribution in [2.24, 2.45) is 0 Å². The topological polar surface area (TPSA) is 114 Å².